The summed E-state index contributed by atoms with van der Waals surface area (Å²) in [5, 5.41) is 38.0. The van der Waals surface area contributed by atoms with Crippen molar-refractivity contribution in [2.24, 2.45) is 23.7 Å². The first-order chi connectivity index (χ1) is 25.3. The second-order valence-electron chi connectivity index (χ2n) is 17.0. The molecule has 11 heteroatoms. The van der Waals surface area contributed by atoms with Crippen molar-refractivity contribution >= 4 is 11.8 Å². The Labute approximate surface area is 319 Å². The third-order valence-corrected chi connectivity index (χ3v) is 12.5. The number of esters is 1. The summed E-state index contributed by atoms with van der Waals surface area (Å²) in [6.45, 7) is 13.1. The van der Waals surface area contributed by atoms with Crippen molar-refractivity contribution in [2.45, 2.75) is 167 Å². The van der Waals surface area contributed by atoms with E-state index in [9.17, 15) is 24.9 Å². The molecule has 0 bridgehead atoms. The Hall–Kier alpha value is -1.70. The maximum atomic E-state index is 13.8. The van der Waals surface area contributed by atoms with Crippen molar-refractivity contribution in [1.29, 1.82) is 0 Å². The van der Waals surface area contributed by atoms with E-state index in [1.54, 1.807) is 32.0 Å². The minimum absolute atomic E-state index is 0.0217. The number of carbonyl (C=O) groups is 2. The number of piperidine rings is 1. The fourth-order valence-corrected chi connectivity index (χ4v) is 9.02. The summed E-state index contributed by atoms with van der Waals surface area (Å²) in [6.07, 6.45) is 10.8. The van der Waals surface area contributed by atoms with E-state index < -0.39 is 60.8 Å². The number of likely N-dealkylation sites (tertiary alicyclic amines) is 1. The number of ether oxygens (including phenoxy) is 3. The zero-order valence-electron chi connectivity index (χ0n) is 33.8. The molecule has 0 radical (unpaired) electrons. The van der Waals surface area contributed by atoms with Gasteiger partial charge in [-0.3, -0.25) is 9.59 Å². The molecule has 304 valence electrons. The lowest BCUT2D eigenvalue weighted by atomic mass is 9.79. The van der Waals surface area contributed by atoms with Gasteiger partial charge >= 0.3 is 5.97 Å². The number of carbonyl (C=O) groups excluding carboxylic acids is 2. The molecule has 3 heterocycles. The fraction of sp³-hybridized carbons (Fsp3) is 0.857. The number of rotatable bonds is 10. The molecular formula is C42H73N3O8. The van der Waals surface area contributed by atoms with Crippen LogP contribution >= 0.6 is 0 Å². The van der Waals surface area contributed by atoms with Gasteiger partial charge in [-0.2, -0.15) is 0 Å². The van der Waals surface area contributed by atoms with Crippen molar-refractivity contribution in [3.05, 3.63) is 23.8 Å². The predicted molar refractivity (Wildman–Crippen MR) is 207 cm³/mol. The molecule has 4 rings (SSSR count). The number of nitrogens with zero attached hydrogens (tertiary/aromatic N) is 2. The van der Waals surface area contributed by atoms with E-state index in [0.29, 0.717) is 31.8 Å². The Morgan fingerprint density at radius 1 is 0.962 bits per heavy atom. The molecule has 12 atom stereocenters. The molecule has 2 saturated heterocycles. The van der Waals surface area contributed by atoms with E-state index >= 15 is 0 Å². The smallest absolute Gasteiger partial charge is 0.308 e. The second-order valence-corrected chi connectivity index (χ2v) is 17.0. The number of ketones is 1. The lowest BCUT2D eigenvalue weighted by molar-refractivity contribution is -0.304. The monoisotopic (exact) mass is 748 g/mol. The number of cyclic esters (lactones) is 1. The number of hydrogen-bond donors (Lipinski definition) is 4. The van der Waals surface area contributed by atoms with Crippen molar-refractivity contribution in [3.8, 4) is 0 Å². The van der Waals surface area contributed by atoms with Gasteiger partial charge in [-0.05, 0) is 105 Å². The number of allylic oxidation sites excluding steroid dienone is 3. The number of aliphatic hydroxyl groups is 3. The van der Waals surface area contributed by atoms with Gasteiger partial charge in [0.25, 0.3) is 0 Å². The fourth-order valence-electron chi connectivity index (χ4n) is 9.02. The van der Waals surface area contributed by atoms with E-state index in [0.717, 1.165) is 50.9 Å². The Balaban J connectivity index is 1.66. The van der Waals surface area contributed by atoms with Crippen LogP contribution in [0.3, 0.4) is 0 Å². The zero-order valence-corrected chi connectivity index (χ0v) is 33.8. The standard InChI is InChI=1S/C42H73N3O8/c1-8-36-32(26-43-33-15-11-9-12-16-33)23-27(2)17-18-34(46)28(3)24-31(19-22-45-20-13-10-14-21-45)41(29(4)35(47)25-37(48)52-36)53-42-40(50)38(44(6)7)39(49)30(5)51-42/h17-18,23,28-33,35-36,38-43,47,49-50H,8-16,19-22,24-26H2,1-7H3/b18-17-,27-23-/t28-,29+,30-,31+,32-,35-,36-,38+,39-,40-,41-,42+/m1/s1. The molecule has 0 aromatic rings. The molecule has 3 aliphatic heterocycles. The molecule has 0 unspecified atom stereocenters. The first kappa shape index (κ1) is 44.0. The molecule has 0 spiro atoms. The molecule has 0 aromatic carbocycles. The lowest BCUT2D eigenvalue weighted by Gasteiger charge is -2.47. The minimum Gasteiger partial charge on any atom is -0.462 e. The first-order valence-corrected chi connectivity index (χ1v) is 20.9. The highest BCUT2D eigenvalue weighted by molar-refractivity contribution is 5.91. The molecule has 11 nitrogen and oxygen atoms in total. The maximum absolute atomic E-state index is 13.8. The topological polar surface area (TPSA) is 141 Å². The zero-order chi connectivity index (χ0) is 38.7. The summed E-state index contributed by atoms with van der Waals surface area (Å²) in [5.41, 5.74) is 0.939. The quantitative estimate of drug-likeness (QED) is 0.233. The second kappa shape index (κ2) is 21.6. The van der Waals surface area contributed by atoms with E-state index in [4.69, 9.17) is 14.2 Å². The van der Waals surface area contributed by atoms with Crippen molar-refractivity contribution < 1.29 is 39.1 Å². The molecule has 4 N–H and O–H groups in total. The summed E-state index contributed by atoms with van der Waals surface area (Å²) < 4.78 is 19.1. The third kappa shape index (κ3) is 12.9. The van der Waals surface area contributed by atoms with Crippen molar-refractivity contribution in [1.82, 2.24) is 15.1 Å². The van der Waals surface area contributed by atoms with E-state index in [1.807, 2.05) is 33.8 Å². The van der Waals surface area contributed by atoms with E-state index in [2.05, 4.69) is 16.3 Å². The summed E-state index contributed by atoms with van der Waals surface area (Å²) in [7, 11) is 3.60. The summed E-state index contributed by atoms with van der Waals surface area (Å²) >= 11 is 0. The summed E-state index contributed by atoms with van der Waals surface area (Å²) in [5.74, 6) is -1.65. The van der Waals surface area contributed by atoms with Crippen LogP contribution in [0.2, 0.25) is 0 Å². The average molecular weight is 748 g/mol. The lowest BCUT2D eigenvalue weighted by Crippen LogP contribution is -2.63. The van der Waals surface area contributed by atoms with Crippen LogP contribution in [0.5, 0.6) is 0 Å². The number of hydrogen-bond acceptors (Lipinski definition) is 11. The van der Waals surface area contributed by atoms with Gasteiger partial charge in [-0.1, -0.05) is 64.2 Å². The Bertz CT molecular complexity index is 1180. The summed E-state index contributed by atoms with van der Waals surface area (Å²) in [4.78, 5) is 31.7. The highest BCUT2D eigenvalue weighted by Gasteiger charge is 2.47. The van der Waals surface area contributed by atoms with Gasteiger partial charge in [0.2, 0.25) is 0 Å². The highest BCUT2D eigenvalue weighted by atomic mass is 16.7. The number of aliphatic hydroxyl groups excluding tert-OH is 3. The van der Waals surface area contributed by atoms with Gasteiger partial charge in [0.15, 0.2) is 12.1 Å². The molecular weight excluding hydrogens is 674 g/mol. The third-order valence-electron chi connectivity index (χ3n) is 12.5. The van der Waals surface area contributed by atoms with E-state index in [1.165, 1.54) is 25.7 Å². The van der Waals surface area contributed by atoms with Gasteiger partial charge in [0, 0.05) is 30.3 Å². The van der Waals surface area contributed by atoms with Crippen LogP contribution in [0.4, 0.5) is 0 Å². The number of nitrogens with one attached hydrogen (secondary N) is 1. The SMILES string of the molecule is CC[C@H]1OC(=O)C[C@@H](O)[C@H](C)[C@@H](O[C@@H]2O[C@H](C)[C@@H](O)[C@H](N(C)C)[C@H]2O)[C@@H](CCN2CCCCC2)C[C@@H](C)C(=O)/C=C\C(C)=C/[C@@H]1CNC1CCCCC1. The van der Waals surface area contributed by atoms with Crippen LogP contribution in [0.25, 0.3) is 0 Å². The van der Waals surface area contributed by atoms with Crippen LogP contribution < -0.4 is 5.32 Å². The molecule has 1 saturated carbocycles. The van der Waals surface area contributed by atoms with Gasteiger partial charge < -0.3 is 44.6 Å². The Kier molecular flexibility index (Phi) is 17.9. The molecule has 0 aromatic heterocycles. The minimum atomic E-state index is -1.17. The van der Waals surface area contributed by atoms with Crippen LogP contribution in [-0.4, -0.2) is 132 Å². The predicted octanol–water partition coefficient (Wildman–Crippen LogP) is 4.62. The highest BCUT2D eigenvalue weighted by Crippen LogP contribution is 2.35. The molecule has 3 fully saturated rings. The van der Waals surface area contributed by atoms with Gasteiger partial charge in [0.05, 0.1) is 36.9 Å². The van der Waals surface area contributed by atoms with Crippen LogP contribution in [0.15, 0.2) is 23.8 Å². The number of likely N-dealkylation sites (N-methyl/N-ethyl adjacent to an activating group) is 1. The van der Waals surface area contributed by atoms with Gasteiger partial charge in [0.1, 0.15) is 12.2 Å². The molecule has 0 amide bonds. The summed E-state index contributed by atoms with van der Waals surface area (Å²) in [6, 6.07) is -0.192. The van der Waals surface area contributed by atoms with Gasteiger partial charge in [-0.25, -0.2) is 0 Å². The first-order valence-electron chi connectivity index (χ1n) is 20.9. The Morgan fingerprint density at radius 2 is 1.64 bits per heavy atom. The van der Waals surface area contributed by atoms with Crippen molar-refractivity contribution in [3.63, 3.8) is 0 Å². The average Bonchev–Trinajstić information content (AvgIpc) is 3.14. The van der Waals surface area contributed by atoms with E-state index in [-0.39, 0.29) is 30.0 Å². The normalized spacial score (nSPS) is 39.7. The molecule has 53 heavy (non-hydrogen) atoms. The Morgan fingerprint density at radius 3 is 2.30 bits per heavy atom. The molecule has 4 aliphatic rings. The maximum Gasteiger partial charge on any atom is 0.308 e. The van der Waals surface area contributed by atoms with Crippen LogP contribution in [0.1, 0.15) is 112 Å². The van der Waals surface area contributed by atoms with Crippen molar-refractivity contribution in [2.75, 3.05) is 40.3 Å². The van der Waals surface area contributed by atoms with Crippen LogP contribution in [-0.2, 0) is 23.8 Å². The van der Waals surface area contributed by atoms with Gasteiger partial charge in [-0.15, -0.1) is 0 Å². The van der Waals surface area contributed by atoms with Crippen LogP contribution in [0, 0.1) is 23.7 Å². The largest absolute Gasteiger partial charge is 0.462 e. The molecule has 1 aliphatic carbocycles.